The van der Waals surface area contributed by atoms with E-state index in [0.29, 0.717) is 18.6 Å². The average Bonchev–Trinajstić information content (AvgIpc) is 2.14. The fourth-order valence-electron chi connectivity index (χ4n) is 0.952. The highest BCUT2D eigenvalue weighted by Crippen LogP contribution is 2.09. The number of carboxylic acids is 1. The molecule has 5 heteroatoms. The molecule has 86 valence electrons. The summed E-state index contributed by atoms with van der Waals surface area (Å²) in [7, 11) is 0. The topological polar surface area (TPSA) is 87.2 Å². The Morgan fingerprint density at radius 1 is 1.60 bits per heavy atom. The second kappa shape index (κ2) is 7.11. The second-order valence-electron chi connectivity index (χ2n) is 3.45. The van der Waals surface area contributed by atoms with Crippen LogP contribution in [0.5, 0.6) is 0 Å². The molecule has 0 aliphatic heterocycles. The Labute approximate surface area is 88.5 Å². The van der Waals surface area contributed by atoms with Crippen molar-refractivity contribution in [3.8, 4) is 0 Å². The van der Waals surface area contributed by atoms with Crippen LogP contribution in [0, 0.1) is 5.41 Å². The van der Waals surface area contributed by atoms with Crippen molar-refractivity contribution >= 4 is 11.7 Å². The number of hydrogen-bond donors (Lipinski definition) is 3. The quantitative estimate of drug-likeness (QED) is 0.567. The first-order valence-electron chi connectivity index (χ1n) is 4.80. The Bertz CT molecular complexity index is 264. The Balaban J connectivity index is 3.76. The molecule has 0 aromatic carbocycles. The third-order valence-electron chi connectivity index (χ3n) is 1.90. The molecular formula is C10H17FN2O2. The molecule has 1 atom stereocenters. The smallest absolute Gasteiger partial charge is 0.320 e. The number of allylic oxidation sites excluding steroid dienone is 2. The normalized spacial score (nSPS) is 13.7. The van der Waals surface area contributed by atoms with Crippen LogP contribution in [0.4, 0.5) is 4.39 Å². The molecular weight excluding hydrogens is 199 g/mol. The molecule has 0 heterocycles. The van der Waals surface area contributed by atoms with Crippen molar-refractivity contribution in [1.29, 1.82) is 5.41 Å². The summed E-state index contributed by atoms with van der Waals surface area (Å²) < 4.78 is 13.0. The molecule has 0 fully saturated rings. The van der Waals surface area contributed by atoms with E-state index in [4.69, 9.17) is 16.2 Å². The maximum atomic E-state index is 13.0. The van der Waals surface area contributed by atoms with Crippen molar-refractivity contribution in [1.82, 2.24) is 0 Å². The zero-order valence-corrected chi connectivity index (χ0v) is 8.79. The van der Waals surface area contributed by atoms with E-state index in [0.717, 1.165) is 0 Å². The SMILES string of the molecule is CC(=N)CC/C(F)=C\CCC(N)C(=O)O. The van der Waals surface area contributed by atoms with Gasteiger partial charge in [-0.3, -0.25) is 4.79 Å². The van der Waals surface area contributed by atoms with Crippen LogP contribution in [-0.2, 0) is 4.79 Å². The largest absolute Gasteiger partial charge is 0.480 e. The van der Waals surface area contributed by atoms with Gasteiger partial charge in [0.25, 0.3) is 0 Å². The van der Waals surface area contributed by atoms with Crippen molar-refractivity contribution < 1.29 is 14.3 Å². The van der Waals surface area contributed by atoms with Crippen molar-refractivity contribution in [2.45, 2.75) is 38.6 Å². The zero-order chi connectivity index (χ0) is 11.8. The molecule has 0 rings (SSSR count). The molecule has 0 bridgehead atoms. The first-order chi connectivity index (χ1) is 6.93. The fourth-order valence-corrected chi connectivity index (χ4v) is 0.952. The molecule has 0 saturated carbocycles. The number of carbonyl (C=O) groups is 1. The van der Waals surface area contributed by atoms with E-state index in [9.17, 15) is 9.18 Å². The van der Waals surface area contributed by atoms with E-state index >= 15 is 0 Å². The maximum absolute atomic E-state index is 13.0. The van der Waals surface area contributed by atoms with Gasteiger partial charge in [0, 0.05) is 12.1 Å². The third-order valence-corrected chi connectivity index (χ3v) is 1.90. The first-order valence-corrected chi connectivity index (χ1v) is 4.80. The molecule has 0 aromatic rings. The van der Waals surface area contributed by atoms with E-state index in [-0.39, 0.29) is 18.7 Å². The fraction of sp³-hybridized carbons (Fsp3) is 0.600. The van der Waals surface area contributed by atoms with Gasteiger partial charge < -0.3 is 16.2 Å². The lowest BCUT2D eigenvalue weighted by atomic mass is 10.1. The van der Waals surface area contributed by atoms with Gasteiger partial charge in [-0.25, -0.2) is 4.39 Å². The molecule has 0 aliphatic rings. The van der Waals surface area contributed by atoms with Crippen molar-refractivity contribution in [3.63, 3.8) is 0 Å². The molecule has 0 amide bonds. The minimum Gasteiger partial charge on any atom is -0.480 e. The number of nitrogens with one attached hydrogen (secondary N) is 1. The van der Waals surface area contributed by atoms with E-state index in [1.54, 1.807) is 6.92 Å². The van der Waals surface area contributed by atoms with Crippen LogP contribution >= 0.6 is 0 Å². The number of halogens is 1. The lowest BCUT2D eigenvalue weighted by Gasteiger charge is -2.03. The van der Waals surface area contributed by atoms with Gasteiger partial charge in [-0.05, 0) is 26.2 Å². The van der Waals surface area contributed by atoms with Crippen LogP contribution in [0.25, 0.3) is 0 Å². The Kier molecular flexibility index (Phi) is 6.53. The molecule has 0 saturated heterocycles. The molecule has 4 nitrogen and oxygen atoms in total. The standard InChI is InChI=1S/C10H17FN2O2/c1-7(12)5-6-8(11)3-2-4-9(13)10(14)15/h3,9,12H,2,4-6,13H2,1H3,(H,14,15)/b8-3+,12-7?. The van der Waals surface area contributed by atoms with Gasteiger partial charge >= 0.3 is 5.97 Å². The van der Waals surface area contributed by atoms with Crippen LogP contribution in [0.15, 0.2) is 11.9 Å². The van der Waals surface area contributed by atoms with Crippen LogP contribution in [0.1, 0.15) is 32.6 Å². The van der Waals surface area contributed by atoms with Crippen LogP contribution in [0.3, 0.4) is 0 Å². The van der Waals surface area contributed by atoms with Gasteiger partial charge in [0.05, 0.1) is 5.83 Å². The predicted octanol–water partition coefficient (Wildman–Crippen LogP) is 1.85. The summed E-state index contributed by atoms with van der Waals surface area (Å²) in [5.74, 6) is -1.38. The van der Waals surface area contributed by atoms with Crippen LogP contribution < -0.4 is 5.73 Å². The number of hydrogen-bond acceptors (Lipinski definition) is 3. The summed E-state index contributed by atoms with van der Waals surface area (Å²) in [5.41, 5.74) is 5.67. The highest BCUT2D eigenvalue weighted by Gasteiger charge is 2.09. The Hall–Kier alpha value is -1.23. The minimum atomic E-state index is -1.07. The van der Waals surface area contributed by atoms with Gasteiger partial charge in [-0.1, -0.05) is 6.08 Å². The number of rotatable bonds is 7. The maximum Gasteiger partial charge on any atom is 0.320 e. The van der Waals surface area contributed by atoms with E-state index in [1.807, 2.05) is 0 Å². The van der Waals surface area contributed by atoms with Gasteiger partial charge in [-0.2, -0.15) is 0 Å². The van der Waals surface area contributed by atoms with Crippen molar-refractivity contribution in [2.75, 3.05) is 0 Å². The highest BCUT2D eigenvalue weighted by atomic mass is 19.1. The van der Waals surface area contributed by atoms with Crippen LogP contribution in [-0.4, -0.2) is 22.8 Å². The summed E-state index contributed by atoms with van der Waals surface area (Å²) in [6.07, 6.45) is 2.49. The van der Waals surface area contributed by atoms with Crippen molar-refractivity contribution in [2.24, 2.45) is 5.73 Å². The summed E-state index contributed by atoms with van der Waals surface area (Å²) in [5, 5.41) is 15.6. The Morgan fingerprint density at radius 3 is 2.67 bits per heavy atom. The minimum absolute atomic E-state index is 0.206. The Morgan fingerprint density at radius 2 is 2.20 bits per heavy atom. The molecule has 1 unspecified atom stereocenters. The zero-order valence-electron chi connectivity index (χ0n) is 8.79. The second-order valence-corrected chi connectivity index (χ2v) is 3.45. The third kappa shape index (κ3) is 7.81. The lowest BCUT2D eigenvalue weighted by molar-refractivity contribution is -0.138. The van der Waals surface area contributed by atoms with E-state index in [1.165, 1.54) is 6.08 Å². The summed E-state index contributed by atoms with van der Waals surface area (Å²) in [6, 6.07) is -0.932. The van der Waals surface area contributed by atoms with Crippen molar-refractivity contribution in [3.05, 3.63) is 11.9 Å². The predicted molar refractivity (Wildman–Crippen MR) is 56.7 cm³/mol. The van der Waals surface area contributed by atoms with E-state index in [2.05, 4.69) is 0 Å². The summed E-state index contributed by atoms with van der Waals surface area (Å²) in [4.78, 5) is 10.3. The van der Waals surface area contributed by atoms with Crippen LogP contribution in [0.2, 0.25) is 0 Å². The van der Waals surface area contributed by atoms with Gasteiger partial charge in [-0.15, -0.1) is 0 Å². The van der Waals surface area contributed by atoms with E-state index < -0.39 is 12.0 Å². The molecule has 0 radical (unpaired) electrons. The molecule has 4 N–H and O–H groups in total. The first kappa shape index (κ1) is 13.8. The molecule has 0 aliphatic carbocycles. The summed E-state index contributed by atoms with van der Waals surface area (Å²) in [6.45, 7) is 1.62. The molecule has 0 aromatic heterocycles. The monoisotopic (exact) mass is 216 g/mol. The number of aliphatic carboxylic acids is 1. The summed E-state index contributed by atoms with van der Waals surface area (Å²) >= 11 is 0. The van der Waals surface area contributed by atoms with Gasteiger partial charge in [0.1, 0.15) is 6.04 Å². The average molecular weight is 216 g/mol. The lowest BCUT2D eigenvalue weighted by Crippen LogP contribution is -2.29. The van der Waals surface area contributed by atoms with Gasteiger partial charge in [0.15, 0.2) is 0 Å². The number of carboxylic acid groups (broad SMARTS) is 1. The number of nitrogens with two attached hydrogens (primary N) is 1. The highest BCUT2D eigenvalue weighted by molar-refractivity contribution is 5.78. The molecule has 0 spiro atoms. The van der Waals surface area contributed by atoms with Gasteiger partial charge in [0.2, 0.25) is 0 Å². The molecule has 15 heavy (non-hydrogen) atoms.